The van der Waals surface area contributed by atoms with Gasteiger partial charge >= 0.3 is 0 Å². The fourth-order valence-electron chi connectivity index (χ4n) is 1.35. The highest BCUT2D eigenvalue weighted by atomic mass is 79.9. The lowest BCUT2D eigenvalue weighted by atomic mass is 10.1. The van der Waals surface area contributed by atoms with Gasteiger partial charge in [0, 0.05) is 26.4 Å². The first kappa shape index (κ1) is 15.4. The molecular formula is C13H18BrClOS. The molecule has 0 heterocycles. The van der Waals surface area contributed by atoms with Gasteiger partial charge in [0.2, 0.25) is 0 Å². The molecule has 1 rings (SSSR count). The fraction of sp³-hybridized carbons (Fsp3) is 0.538. The lowest BCUT2D eigenvalue weighted by molar-refractivity contribution is 0.200. The van der Waals surface area contributed by atoms with Crippen molar-refractivity contribution < 1.29 is 5.11 Å². The first-order valence-corrected chi connectivity index (χ1v) is 7.69. The summed E-state index contributed by atoms with van der Waals surface area (Å²) in [5.74, 6) is 0.732. The lowest BCUT2D eigenvalue weighted by Crippen LogP contribution is -2.19. The number of aliphatic hydroxyl groups excluding tert-OH is 1. The van der Waals surface area contributed by atoms with Crippen LogP contribution in [0.1, 0.15) is 26.3 Å². The average Bonchev–Trinajstić information content (AvgIpc) is 2.18. The zero-order valence-corrected chi connectivity index (χ0v) is 13.5. The Labute approximate surface area is 121 Å². The highest BCUT2D eigenvalue weighted by Crippen LogP contribution is 2.26. The molecular weight excluding hydrogens is 320 g/mol. The Bertz CT molecular complexity index is 376. The zero-order valence-electron chi connectivity index (χ0n) is 10.3. The number of rotatable bonds is 4. The zero-order chi connectivity index (χ0) is 13.1. The minimum atomic E-state index is -0.349. The average molecular weight is 338 g/mol. The number of hydrogen-bond acceptors (Lipinski definition) is 2. The Morgan fingerprint density at radius 2 is 2.06 bits per heavy atom. The van der Waals surface area contributed by atoms with E-state index in [1.807, 2.05) is 18.2 Å². The first-order valence-electron chi connectivity index (χ1n) is 5.54. The van der Waals surface area contributed by atoms with Crippen LogP contribution in [-0.2, 0) is 6.42 Å². The molecule has 17 heavy (non-hydrogen) atoms. The molecule has 1 aromatic carbocycles. The highest BCUT2D eigenvalue weighted by molar-refractivity contribution is 9.10. The number of aliphatic hydroxyl groups is 1. The van der Waals surface area contributed by atoms with Crippen LogP contribution in [0.15, 0.2) is 22.7 Å². The third-order valence-corrected chi connectivity index (χ3v) is 4.44. The van der Waals surface area contributed by atoms with Crippen LogP contribution < -0.4 is 0 Å². The molecule has 1 N–H and O–H groups in total. The van der Waals surface area contributed by atoms with E-state index >= 15 is 0 Å². The Morgan fingerprint density at radius 1 is 1.41 bits per heavy atom. The summed E-state index contributed by atoms with van der Waals surface area (Å²) in [4.78, 5) is 0. The predicted octanol–water partition coefficient (Wildman–Crippen LogP) is 4.54. The highest BCUT2D eigenvalue weighted by Gasteiger charge is 2.15. The molecule has 4 heteroatoms. The number of halogens is 2. The molecule has 0 aliphatic heterocycles. The van der Waals surface area contributed by atoms with E-state index in [9.17, 15) is 5.11 Å². The van der Waals surface area contributed by atoms with E-state index in [1.165, 1.54) is 0 Å². The van der Waals surface area contributed by atoms with E-state index in [0.717, 1.165) is 15.8 Å². The molecule has 96 valence electrons. The van der Waals surface area contributed by atoms with Gasteiger partial charge in [-0.2, -0.15) is 11.8 Å². The van der Waals surface area contributed by atoms with E-state index < -0.39 is 0 Å². The molecule has 0 aliphatic rings. The van der Waals surface area contributed by atoms with Crippen molar-refractivity contribution in [1.29, 1.82) is 0 Å². The maximum Gasteiger partial charge on any atom is 0.0671 e. The van der Waals surface area contributed by atoms with Crippen LogP contribution >= 0.6 is 39.3 Å². The minimum absolute atomic E-state index is 0.185. The molecule has 0 aliphatic carbocycles. The molecule has 0 saturated carbocycles. The van der Waals surface area contributed by atoms with Gasteiger partial charge in [-0.15, -0.1) is 0 Å². The third kappa shape index (κ3) is 6.14. The Kier molecular flexibility index (Phi) is 5.84. The molecule has 0 amide bonds. The van der Waals surface area contributed by atoms with Crippen molar-refractivity contribution in [1.82, 2.24) is 0 Å². The summed E-state index contributed by atoms with van der Waals surface area (Å²) in [6.45, 7) is 6.45. The Morgan fingerprint density at radius 3 is 2.59 bits per heavy atom. The van der Waals surface area contributed by atoms with E-state index in [4.69, 9.17) is 11.6 Å². The molecule has 1 atom stereocenters. The summed E-state index contributed by atoms with van der Waals surface area (Å²) in [6.07, 6.45) is 0.257. The molecule has 0 saturated heterocycles. The molecule has 0 aromatic heterocycles. The van der Waals surface area contributed by atoms with Gasteiger partial charge in [-0.05, 0) is 17.7 Å². The summed E-state index contributed by atoms with van der Waals surface area (Å²) >= 11 is 11.3. The molecule has 1 aromatic rings. The minimum Gasteiger partial charge on any atom is -0.392 e. The van der Waals surface area contributed by atoms with Gasteiger partial charge < -0.3 is 5.11 Å². The Hall–Kier alpha value is 0.300. The van der Waals surface area contributed by atoms with E-state index in [-0.39, 0.29) is 10.9 Å². The van der Waals surface area contributed by atoms with Crippen LogP contribution in [0.25, 0.3) is 0 Å². The molecule has 1 unspecified atom stereocenters. The normalized spacial score (nSPS) is 13.8. The molecule has 0 radical (unpaired) electrons. The van der Waals surface area contributed by atoms with Crippen LogP contribution in [0.4, 0.5) is 0 Å². The Balaban J connectivity index is 2.53. The fourth-order valence-corrected chi connectivity index (χ4v) is 2.91. The lowest BCUT2D eigenvalue weighted by Gasteiger charge is -2.20. The van der Waals surface area contributed by atoms with Crippen molar-refractivity contribution in [2.45, 2.75) is 38.0 Å². The third-order valence-electron chi connectivity index (χ3n) is 2.18. The second kappa shape index (κ2) is 6.46. The number of benzene rings is 1. The molecule has 0 bridgehead atoms. The van der Waals surface area contributed by atoms with E-state index in [0.29, 0.717) is 11.4 Å². The largest absolute Gasteiger partial charge is 0.392 e. The van der Waals surface area contributed by atoms with Gasteiger partial charge in [-0.25, -0.2) is 0 Å². The van der Waals surface area contributed by atoms with Crippen molar-refractivity contribution in [3.63, 3.8) is 0 Å². The van der Waals surface area contributed by atoms with Crippen molar-refractivity contribution >= 4 is 39.3 Å². The van der Waals surface area contributed by atoms with Crippen LogP contribution in [-0.4, -0.2) is 21.7 Å². The van der Waals surface area contributed by atoms with Crippen LogP contribution in [0.5, 0.6) is 0 Å². The molecule has 0 spiro atoms. The summed E-state index contributed by atoms with van der Waals surface area (Å²) in [5.41, 5.74) is 0.997. The summed E-state index contributed by atoms with van der Waals surface area (Å²) < 4.78 is 1.15. The summed E-state index contributed by atoms with van der Waals surface area (Å²) in [5, 5.41) is 10.7. The standard InChI is InChI=1S/C13H18BrClOS/c1-13(2,3)17-8-11(16)6-9-4-5-10(14)7-12(9)15/h4-5,7,11,16H,6,8H2,1-3H3. The van der Waals surface area contributed by atoms with Crippen LogP contribution in [0.2, 0.25) is 5.02 Å². The second-order valence-electron chi connectivity index (χ2n) is 5.02. The van der Waals surface area contributed by atoms with Crippen molar-refractivity contribution in [2.24, 2.45) is 0 Å². The van der Waals surface area contributed by atoms with Gasteiger partial charge in [-0.3, -0.25) is 0 Å². The maximum atomic E-state index is 9.97. The molecule has 1 nitrogen and oxygen atoms in total. The van der Waals surface area contributed by atoms with Gasteiger partial charge in [0.05, 0.1) is 6.10 Å². The predicted molar refractivity (Wildman–Crippen MR) is 81.1 cm³/mol. The van der Waals surface area contributed by atoms with Gasteiger partial charge in [0.1, 0.15) is 0 Å². The quantitative estimate of drug-likeness (QED) is 0.870. The van der Waals surface area contributed by atoms with E-state index in [1.54, 1.807) is 11.8 Å². The van der Waals surface area contributed by atoms with Gasteiger partial charge in [0.25, 0.3) is 0 Å². The van der Waals surface area contributed by atoms with Gasteiger partial charge in [-0.1, -0.05) is 54.4 Å². The topological polar surface area (TPSA) is 20.2 Å². The van der Waals surface area contributed by atoms with Crippen LogP contribution in [0, 0.1) is 0 Å². The van der Waals surface area contributed by atoms with Crippen molar-refractivity contribution in [2.75, 3.05) is 5.75 Å². The van der Waals surface area contributed by atoms with Crippen LogP contribution in [0.3, 0.4) is 0 Å². The SMILES string of the molecule is CC(C)(C)SCC(O)Cc1ccc(Br)cc1Cl. The number of thioether (sulfide) groups is 1. The van der Waals surface area contributed by atoms with E-state index in [2.05, 4.69) is 36.7 Å². The smallest absolute Gasteiger partial charge is 0.0671 e. The van der Waals surface area contributed by atoms with Crippen molar-refractivity contribution in [3.8, 4) is 0 Å². The number of hydrogen-bond donors (Lipinski definition) is 1. The van der Waals surface area contributed by atoms with Crippen molar-refractivity contribution in [3.05, 3.63) is 33.3 Å². The first-order chi connectivity index (χ1) is 7.78. The summed E-state index contributed by atoms with van der Waals surface area (Å²) in [7, 11) is 0. The second-order valence-corrected chi connectivity index (χ2v) is 8.19. The van der Waals surface area contributed by atoms with Gasteiger partial charge in [0.15, 0.2) is 0 Å². The monoisotopic (exact) mass is 336 g/mol. The summed E-state index contributed by atoms with van der Waals surface area (Å²) in [6, 6.07) is 5.77. The maximum absolute atomic E-state index is 9.97. The molecule has 0 fully saturated rings.